The average molecular weight is 412 g/mol. The van der Waals surface area contributed by atoms with Crippen LogP contribution in [0, 0.1) is 6.92 Å². The van der Waals surface area contributed by atoms with Gasteiger partial charge in [0.25, 0.3) is 0 Å². The van der Waals surface area contributed by atoms with E-state index in [0.29, 0.717) is 34.7 Å². The van der Waals surface area contributed by atoms with Crippen molar-refractivity contribution >= 4 is 28.8 Å². The molecule has 0 fully saturated rings. The standard InChI is InChI=1S/C23H22ClNO2S/c1-16-8-10-17(11-9-16)14-25-23(28)19-12-20(24)22(21(13-19)26-2)27-15-18-6-4-3-5-7-18/h3-13H,14-15H2,1-2H3,(H,25,28). The normalized spacial score (nSPS) is 10.4. The lowest BCUT2D eigenvalue weighted by Gasteiger charge is -2.15. The fraction of sp³-hybridized carbons (Fsp3) is 0.174. The van der Waals surface area contributed by atoms with Gasteiger partial charge in [0, 0.05) is 12.1 Å². The molecule has 0 heterocycles. The van der Waals surface area contributed by atoms with Gasteiger partial charge in [0.15, 0.2) is 11.5 Å². The summed E-state index contributed by atoms with van der Waals surface area (Å²) in [6, 6.07) is 21.9. The molecule has 3 aromatic rings. The zero-order valence-corrected chi connectivity index (χ0v) is 17.4. The first-order valence-corrected chi connectivity index (χ1v) is 9.73. The summed E-state index contributed by atoms with van der Waals surface area (Å²) in [7, 11) is 1.59. The molecular formula is C23H22ClNO2S. The second kappa shape index (κ2) is 9.58. The van der Waals surface area contributed by atoms with Crippen molar-refractivity contribution in [1.29, 1.82) is 0 Å². The largest absolute Gasteiger partial charge is 0.493 e. The molecule has 0 aliphatic carbocycles. The van der Waals surface area contributed by atoms with Gasteiger partial charge in [-0.15, -0.1) is 0 Å². The fourth-order valence-corrected chi connectivity index (χ4v) is 3.17. The second-order valence-corrected chi connectivity index (χ2v) is 7.25. The number of thiocarbonyl (C=S) groups is 1. The molecular weight excluding hydrogens is 390 g/mol. The average Bonchev–Trinajstić information content (AvgIpc) is 2.72. The monoisotopic (exact) mass is 411 g/mol. The minimum Gasteiger partial charge on any atom is -0.493 e. The molecule has 0 spiro atoms. The van der Waals surface area contributed by atoms with Crippen LogP contribution < -0.4 is 14.8 Å². The van der Waals surface area contributed by atoms with Crippen LogP contribution in [0.15, 0.2) is 66.7 Å². The number of hydrogen-bond acceptors (Lipinski definition) is 3. The number of halogens is 1. The third-order valence-electron chi connectivity index (χ3n) is 4.29. The first kappa shape index (κ1) is 20.2. The molecule has 1 N–H and O–H groups in total. The van der Waals surface area contributed by atoms with Gasteiger partial charge in [0.2, 0.25) is 0 Å². The maximum atomic E-state index is 6.47. The maximum absolute atomic E-state index is 6.47. The Hall–Kier alpha value is -2.56. The van der Waals surface area contributed by atoms with Gasteiger partial charge in [0.05, 0.1) is 12.1 Å². The first-order chi connectivity index (χ1) is 13.6. The van der Waals surface area contributed by atoms with E-state index in [1.54, 1.807) is 13.2 Å². The molecule has 5 heteroatoms. The summed E-state index contributed by atoms with van der Waals surface area (Å²) < 4.78 is 11.4. The van der Waals surface area contributed by atoms with Crippen LogP contribution in [-0.2, 0) is 13.2 Å². The van der Waals surface area contributed by atoms with E-state index in [4.69, 9.17) is 33.3 Å². The molecule has 0 unspecified atom stereocenters. The molecule has 3 nitrogen and oxygen atoms in total. The van der Waals surface area contributed by atoms with Crippen LogP contribution in [0.2, 0.25) is 5.02 Å². The third-order valence-corrected chi connectivity index (χ3v) is 4.95. The number of rotatable bonds is 7. The van der Waals surface area contributed by atoms with Crippen molar-refractivity contribution in [1.82, 2.24) is 5.32 Å². The molecule has 0 aliphatic rings. The van der Waals surface area contributed by atoms with Crippen LogP contribution in [0.3, 0.4) is 0 Å². The lowest BCUT2D eigenvalue weighted by Crippen LogP contribution is -2.21. The Balaban J connectivity index is 1.70. The number of benzene rings is 3. The van der Waals surface area contributed by atoms with Crippen LogP contribution in [-0.4, -0.2) is 12.1 Å². The number of methoxy groups -OCH3 is 1. The van der Waals surface area contributed by atoms with Gasteiger partial charge in [-0.3, -0.25) is 0 Å². The summed E-state index contributed by atoms with van der Waals surface area (Å²) in [6.45, 7) is 3.12. The van der Waals surface area contributed by atoms with Gasteiger partial charge >= 0.3 is 0 Å². The number of ether oxygens (including phenoxy) is 2. The fourth-order valence-electron chi connectivity index (χ4n) is 2.71. The van der Waals surface area contributed by atoms with E-state index in [9.17, 15) is 0 Å². The highest BCUT2D eigenvalue weighted by Crippen LogP contribution is 2.37. The van der Waals surface area contributed by atoms with Gasteiger partial charge < -0.3 is 14.8 Å². The molecule has 0 amide bonds. The van der Waals surface area contributed by atoms with Crippen molar-refractivity contribution in [2.75, 3.05) is 7.11 Å². The zero-order valence-electron chi connectivity index (χ0n) is 15.9. The highest BCUT2D eigenvalue weighted by atomic mass is 35.5. The molecule has 0 aliphatic heterocycles. The van der Waals surface area contributed by atoms with Crippen molar-refractivity contribution < 1.29 is 9.47 Å². The Kier molecular flexibility index (Phi) is 6.90. The van der Waals surface area contributed by atoms with Crippen LogP contribution in [0.4, 0.5) is 0 Å². The van der Waals surface area contributed by atoms with Gasteiger partial charge in [-0.1, -0.05) is 84.0 Å². The second-order valence-electron chi connectivity index (χ2n) is 6.43. The van der Waals surface area contributed by atoms with E-state index in [-0.39, 0.29) is 0 Å². The van der Waals surface area contributed by atoms with Gasteiger partial charge in [-0.2, -0.15) is 0 Å². The van der Waals surface area contributed by atoms with Crippen molar-refractivity contribution in [3.8, 4) is 11.5 Å². The van der Waals surface area contributed by atoms with E-state index in [1.165, 1.54) is 5.56 Å². The predicted octanol–water partition coefficient (Wildman–Crippen LogP) is 5.70. The predicted molar refractivity (Wildman–Crippen MR) is 118 cm³/mol. The molecule has 0 radical (unpaired) electrons. The Morgan fingerprint density at radius 3 is 2.39 bits per heavy atom. The van der Waals surface area contributed by atoms with E-state index in [0.717, 1.165) is 16.7 Å². The van der Waals surface area contributed by atoms with Gasteiger partial charge in [0.1, 0.15) is 11.6 Å². The van der Waals surface area contributed by atoms with Crippen LogP contribution in [0.5, 0.6) is 11.5 Å². The summed E-state index contributed by atoms with van der Waals surface area (Å²) in [5.41, 5.74) is 4.23. The summed E-state index contributed by atoms with van der Waals surface area (Å²) in [5.74, 6) is 1.07. The molecule has 144 valence electrons. The summed E-state index contributed by atoms with van der Waals surface area (Å²) in [5, 5.41) is 3.73. The topological polar surface area (TPSA) is 30.5 Å². The molecule has 0 saturated carbocycles. The third kappa shape index (κ3) is 5.24. The van der Waals surface area contributed by atoms with Crippen LogP contribution >= 0.6 is 23.8 Å². The smallest absolute Gasteiger partial charge is 0.180 e. The Labute approximate surface area is 176 Å². The number of aryl methyl sites for hydroxylation is 1. The van der Waals surface area contributed by atoms with Crippen molar-refractivity contribution in [3.05, 3.63) is 94.0 Å². The molecule has 0 saturated heterocycles. The van der Waals surface area contributed by atoms with E-state index < -0.39 is 0 Å². The van der Waals surface area contributed by atoms with Crippen molar-refractivity contribution in [3.63, 3.8) is 0 Å². The highest BCUT2D eigenvalue weighted by molar-refractivity contribution is 7.80. The SMILES string of the molecule is COc1cc(C(=S)NCc2ccc(C)cc2)cc(Cl)c1OCc1ccccc1. The minimum atomic E-state index is 0.409. The van der Waals surface area contributed by atoms with Gasteiger partial charge in [-0.05, 0) is 30.2 Å². The summed E-state index contributed by atoms with van der Waals surface area (Å²) in [4.78, 5) is 0.607. The zero-order chi connectivity index (χ0) is 19.9. The maximum Gasteiger partial charge on any atom is 0.180 e. The van der Waals surface area contributed by atoms with E-state index in [2.05, 4.69) is 36.5 Å². The van der Waals surface area contributed by atoms with Crippen molar-refractivity contribution in [2.45, 2.75) is 20.1 Å². The summed E-state index contributed by atoms with van der Waals surface area (Å²) >= 11 is 12.0. The Bertz CT molecular complexity index is 943. The Morgan fingerprint density at radius 2 is 1.71 bits per heavy atom. The lowest BCUT2D eigenvalue weighted by molar-refractivity contribution is 0.284. The van der Waals surface area contributed by atoms with E-state index >= 15 is 0 Å². The molecule has 0 aromatic heterocycles. The molecule has 0 atom stereocenters. The van der Waals surface area contributed by atoms with Gasteiger partial charge in [-0.25, -0.2) is 0 Å². The lowest BCUT2D eigenvalue weighted by atomic mass is 10.1. The molecule has 3 rings (SSSR count). The highest BCUT2D eigenvalue weighted by Gasteiger charge is 2.14. The van der Waals surface area contributed by atoms with Crippen molar-refractivity contribution in [2.24, 2.45) is 0 Å². The summed E-state index contributed by atoms with van der Waals surface area (Å²) in [6.07, 6.45) is 0. The molecule has 3 aromatic carbocycles. The minimum absolute atomic E-state index is 0.409. The van der Waals surface area contributed by atoms with Crippen LogP contribution in [0.25, 0.3) is 0 Å². The number of nitrogens with one attached hydrogen (secondary N) is 1. The van der Waals surface area contributed by atoms with E-state index in [1.807, 2.05) is 36.4 Å². The number of hydrogen-bond donors (Lipinski definition) is 1. The Morgan fingerprint density at radius 1 is 1.00 bits per heavy atom. The van der Waals surface area contributed by atoms with Crippen LogP contribution in [0.1, 0.15) is 22.3 Å². The quantitative estimate of drug-likeness (QED) is 0.505. The molecule has 28 heavy (non-hydrogen) atoms. The first-order valence-electron chi connectivity index (χ1n) is 8.95. The molecule has 0 bridgehead atoms.